The molecule has 3 spiro atoms. The van der Waals surface area contributed by atoms with Crippen molar-refractivity contribution in [1.29, 1.82) is 10.5 Å². The van der Waals surface area contributed by atoms with Crippen LogP contribution in [-0.2, 0) is 116 Å². The van der Waals surface area contributed by atoms with Crippen LogP contribution in [0.25, 0.3) is 0 Å². The highest BCUT2D eigenvalue weighted by Gasteiger charge is 2.62. The number of nitrogens with zero attached hydrogens (tertiary/aromatic N) is 13. The Hall–Kier alpha value is -9.51. The lowest BCUT2D eigenvalue weighted by Gasteiger charge is -2.45. The molecular formula is C71H82N14O9. The zero-order chi connectivity index (χ0) is 65.3. The van der Waals surface area contributed by atoms with Gasteiger partial charge < -0.3 is 57.7 Å². The number of aryl methyl sites for hydroxylation is 4. The van der Waals surface area contributed by atoms with Crippen molar-refractivity contribution in [1.82, 2.24) is 43.8 Å². The highest BCUT2D eigenvalue weighted by atomic mass is 16.6. The monoisotopic (exact) mass is 1270 g/mol. The molecule has 23 heteroatoms. The number of anilines is 3. The van der Waals surface area contributed by atoms with E-state index in [1.165, 1.54) is 29.9 Å². The summed E-state index contributed by atoms with van der Waals surface area (Å²) in [5.74, 6) is 2.71. The fraction of sp³-hybridized carbons (Fsp3) is 0.507. The number of unbranched alkanes of at least 4 members (excludes halogenated alkanes) is 2. The molecule has 0 saturated carbocycles. The molecule has 6 aliphatic heterocycles. The Morgan fingerprint density at radius 3 is 1.20 bits per heavy atom. The lowest BCUT2D eigenvalue weighted by molar-refractivity contribution is -0.129. The molecule has 0 radical (unpaired) electrons. The van der Waals surface area contributed by atoms with E-state index in [4.69, 9.17) is 39.7 Å². The van der Waals surface area contributed by atoms with Gasteiger partial charge in [0.25, 0.3) is 0 Å². The third-order valence-electron chi connectivity index (χ3n) is 20.3. The molecule has 23 nitrogen and oxygen atoms in total. The Labute approximate surface area is 547 Å². The molecule has 1 N–H and O–H groups in total. The minimum Gasteiger partial charge on any atom is -0.450 e. The summed E-state index contributed by atoms with van der Waals surface area (Å²) in [6.45, 7) is 11.1. The summed E-state index contributed by atoms with van der Waals surface area (Å²) in [5.41, 5.74) is 10.8. The molecule has 6 aromatic rings. The van der Waals surface area contributed by atoms with Crippen molar-refractivity contribution in [2.24, 2.45) is 0 Å². The van der Waals surface area contributed by atoms with E-state index in [2.05, 4.69) is 26.3 Å². The summed E-state index contributed by atoms with van der Waals surface area (Å²) in [4.78, 5) is 106. The number of likely N-dealkylation sites (tertiary alicyclic amines) is 3. The van der Waals surface area contributed by atoms with Gasteiger partial charge in [-0.1, -0.05) is 54.6 Å². The highest BCUT2D eigenvalue weighted by molar-refractivity contribution is 6.11. The number of hydrogen-bond acceptors (Lipinski definition) is 14. The second-order valence-electron chi connectivity index (χ2n) is 26.0. The minimum absolute atomic E-state index is 0.0220. The van der Waals surface area contributed by atoms with Crippen molar-refractivity contribution in [3.63, 3.8) is 0 Å². The van der Waals surface area contributed by atoms with Crippen LogP contribution in [0.5, 0.6) is 0 Å². The lowest BCUT2D eigenvalue weighted by atomic mass is 9.75. The molecule has 490 valence electrons. The van der Waals surface area contributed by atoms with Crippen molar-refractivity contribution in [2.45, 2.75) is 172 Å². The summed E-state index contributed by atoms with van der Waals surface area (Å²) < 4.78 is 19.8. The van der Waals surface area contributed by atoms with Gasteiger partial charge in [0.05, 0.1) is 68.7 Å². The Morgan fingerprint density at radius 1 is 0.479 bits per heavy atom. The molecule has 3 aliphatic carbocycles. The molecule has 6 amide bonds. The van der Waals surface area contributed by atoms with Crippen LogP contribution in [-0.4, -0.2) is 139 Å². The number of para-hydroxylation sites is 3. The smallest absolute Gasteiger partial charge is 0.409 e. The van der Waals surface area contributed by atoms with Crippen molar-refractivity contribution in [2.75, 3.05) is 73.8 Å². The molecule has 9 aliphatic rings. The first kappa shape index (κ1) is 63.3. The number of H-pyrrole nitrogens is 1. The van der Waals surface area contributed by atoms with Gasteiger partial charge >= 0.3 is 18.3 Å². The molecule has 0 bridgehead atoms. The van der Waals surface area contributed by atoms with Crippen molar-refractivity contribution >= 4 is 53.1 Å². The highest BCUT2D eigenvalue weighted by Crippen LogP contribution is 2.51. The molecule has 94 heavy (non-hydrogen) atoms. The zero-order valence-electron chi connectivity index (χ0n) is 54.1. The summed E-state index contributed by atoms with van der Waals surface area (Å²) in [6.07, 6.45) is 14.4. The molecule has 3 aromatic carbocycles. The summed E-state index contributed by atoms with van der Waals surface area (Å²) in [7, 11) is 0. The molecule has 3 fully saturated rings. The van der Waals surface area contributed by atoms with Crippen LogP contribution in [0, 0.1) is 22.7 Å². The van der Waals surface area contributed by atoms with Crippen LogP contribution < -0.4 is 14.7 Å². The summed E-state index contributed by atoms with van der Waals surface area (Å²) in [6, 6.07) is 28.1. The van der Waals surface area contributed by atoms with Crippen LogP contribution >= 0.6 is 0 Å². The fourth-order valence-corrected chi connectivity index (χ4v) is 15.8. The molecule has 0 atom stereocenters. The quantitative estimate of drug-likeness (QED) is 0.0742. The number of fused-ring (bicyclic) bond motifs is 9. The summed E-state index contributed by atoms with van der Waals surface area (Å²) >= 11 is 0. The Balaban J connectivity index is 0.000000129. The normalized spacial score (nSPS) is 18.4. The second kappa shape index (κ2) is 26.5. The molecule has 0 unspecified atom stereocenters. The third kappa shape index (κ3) is 11.2. The number of nitrogens with one attached hydrogen (secondary N) is 1. The van der Waals surface area contributed by atoms with Crippen molar-refractivity contribution in [3.8, 4) is 12.1 Å². The average Bonchev–Trinajstić information content (AvgIpc) is 1.55. The second-order valence-corrected chi connectivity index (χ2v) is 26.0. The maximum atomic E-state index is 13.8. The number of ether oxygens (including phenoxy) is 3. The average molecular weight is 1280 g/mol. The molecule has 3 aromatic heterocycles. The first-order valence-electron chi connectivity index (χ1n) is 33.7. The van der Waals surface area contributed by atoms with Crippen molar-refractivity contribution in [3.05, 3.63) is 141 Å². The zero-order valence-corrected chi connectivity index (χ0v) is 54.1. The SMILES string of the molecule is CCOC(=O)N1CC2(C1)C(=O)N(Cc1nc3c([nH]1)CCCC3)c1ccccc12.CCOC(=O)N1CC2(C1)C(=O)N(Cc1nc3c(n1CCCC#N)CCCC3)c1ccccc12.CCOC(=O)N1CC2(C1)C(=O)N(Cc1nc3c(n1CCCC#N)CCCC3)c1ccccc12. The Kier molecular flexibility index (Phi) is 17.8. The van der Waals surface area contributed by atoms with Crippen LogP contribution in [0.2, 0.25) is 0 Å². The molecule has 9 heterocycles. The van der Waals surface area contributed by atoms with Crippen LogP contribution in [0.15, 0.2) is 72.8 Å². The number of hydrogen-bond donors (Lipinski definition) is 1. The van der Waals surface area contributed by atoms with E-state index < -0.39 is 16.2 Å². The maximum Gasteiger partial charge on any atom is 0.409 e. The van der Waals surface area contributed by atoms with Gasteiger partial charge in [-0.05, 0) is 146 Å². The fourth-order valence-electron chi connectivity index (χ4n) is 15.8. The van der Waals surface area contributed by atoms with Gasteiger partial charge in [-0.3, -0.25) is 14.4 Å². The summed E-state index contributed by atoms with van der Waals surface area (Å²) in [5, 5.41) is 18.0. The van der Waals surface area contributed by atoms with Crippen molar-refractivity contribution < 1.29 is 43.0 Å². The number of imidazole rings is 3. The van der Waals surface area contributed by atoms with E-state index in [1.54, 1.807) is 35.5 Å². The lowest BCUT2D eigenvalue weighted by Crippen LogP contribution is -2.65. The molecular weight excluding hydrogens is 1190 g/mol. The Morgan fingerprint density at radius 2 is 0.830 bits per heavy atom. The predicted octanol–water partition coefficient (Wildman–Crippen LogP) is 9.19. The molecule has 3 saturated heterocycles. The number of aromatic nitrogens is 6. The minimum atomic E-state index is -0.707. The number of amides is 6. The maximum absolute atomic E-state index is 13.8. The van der Waals surface area contributed by atoms with E-state index in [9.17, 15) is 28.8 Å². The van der Waals surface area contributed by atoms with Crippen LogP contribution in [0.1, 0.15) is 153 Å². The van der Waals surface area contributed by atoms with E-state index in [1.807, 2.05) is 87.5 Å². The number of nitriles is 2. The van der Waals surface area contributed by atoms with E-state index >= 15 is 0 Å². The Bertz CT molecular complexity index is 3800. The van der Waals surface area contributed by atoms with E-state index in [0.717, 1.165) is 158 Å². The molecule has 15 rings (SSSR count). The number of carbonyl (C=O) groups is 6. The standard InChI is InChI=1S/2C25H29N5O3.C21H24N4O3/c2*1-2-33-24(32)28-16-25(17-28)18-9-3-5-11-20(18)30(23(25)31)15-22-27-19-10-4-6-12-21(19)29(22)14-8-7-13-26;1-2-28-20(27)24-12-21(13-24)14-7-3-6-10-17(14)25(19(21)26)11-18-22-15-8-4-5-9-16(15)23-18/h2*3,5,9,11H,2,4,6-8,10,12,14-17H2,1H3;3,6-7,10H,2,4-5,8-9,11-13H2,1H3,(H,22,23). The van der Waals surface area contributed by atoms with Gasteiger partial charge in [0.1, 0.15) is 33.7 Å². The predicted molar refractivity (Wildman–Crippen MR) is 346 cm³/mol. The number of benzene rings is 3. The number of carbonyl (C=O) groups excluding carboxylic acids is 6. The van der Waals surface area contributed by atoms with E-state index in [-0.39, 0.29) is 36.0 Å². The van der Waals surface area contributed by atoms with Gasteiger partial charge in [0, 0.05) is 99.3 Å². The number of rotatable bonds is 15. The largest absolute Gasteiger partial charge is 0.450 e. The van der Waals surface area contributed by atoms with E-state index in [0.29, 0.717) is 91.6 Å². The van der Waals surface area contributed by atoms with Gasteiger partial charge in [0.15, 0.2) is 0 Å². The van der Waals surface area contributed by atoms with Gasteiger partial charge in [0.2, 0.25) is 17.7 Å². The first-order chi connectivity index (χ1) is 45.8. The van der Waals surface area contributed by atoms with Crippen LogP contribution in [0.3, 0.4) is 0 Å². The van der Waals surface area contributed by atoms with Crippen LogP contribution in [0.4, 0.5) is 31.4 Å². The first-order valence-corrected chi connectivity index (χ1v) is 33.7. The topological polar surface area (TPSA) is 261 Å². The van der Waals surface area contributed by atoms with Gasteiger partial charge in [-0.15, -0.1) is 0 Å². The third-order valence-corrected chi connectivity index (χ3v) is 20.3. The van der Waals surface area contributed by atoms with Gasteiger partial charge in [-0.2, -0.15) is 10.5 Å². The van der Waals surface area contributed by atoms with Gasteiger partial charge in [-0.25, -0.2) is 29.3 Å². The number of aromatic amines is 1.